The minimum atomic E-state index is -1.12. The Morgan fingerprint density at radius 1 is 1.32 bits per heavy atom. The molecule has 1 aliphatic rings. The third kappa shape index (κ3) is 5.04. The van der Waals surface area contributed by atoms with Gasteiger partial charge in [0.1, 0.15) is 18.3 Å². The summed E-state index contributed by atoms with van der Waals surface area (Å²) >= 11 is 0. The van der Waals surface area contributed by atoms with Gasteiger partial charge in [0.15, 0.2) is 12.0 Å². The Morgan fingerprint density at radius 2 is 2.04 bits per heavy atom. The third-order valence-corrected chi connectivity index (χ3v) is 3.76. The molecule has 0 unspecified atom stereocenters. The van der Waals surface area contributed by atoms with Crippen molar-refractivity contribution < 1.29 is 38.5 Å². The Kier molecular flexibility index (Phi) is 7.06. The molecule has 1 fully saturated rings. The van der Waals surface area contributed by atoms with E-state index in [1.165, 1.54) is 13.8 Å². The summed E-state index contributed by atoms with van der Waals surface area (Å²) in [5, 5.41) is 9.13. The fourth-order valence-corrected chi connectivity index (χ4v) is 2.69. The first-order chi connectivity index (χ1) is 13.3. The summed E-state index contributed by atoms with van der Waals surface area (Å²) in [7, 11) is 0. The van der Waals surface area contributed by atoms with Crippen molar-refractivity contribution in [2.24, 2.45) is 0 Å². The molecule has 2 heterocycles. The highest BCUT2D eigenvalue weighted by Gasteiger charge is 2.40. The Balaban J connectivity index is 2.39. The highest BCUT2D eigenvalue weighted by atomic mass is 16.6. The van der Waals surface area contributed by atoms with Gasteiger partial charge in [-0.2, -0.15) is 4.98 Å². The van der Waals surface area contributed by atoms with E-state index < -0.39 is 47.9 Å². The lowest BCUT2D eigenvalue weighted by Crippen LogP contribution is -2.35. The second-order valence-corrected chi connectivity index (χ2v) is 5.86. The summed E-state index contributed by atoms with van der Waals surface area (Å²) in [5.74, 6) is -2.35. The fraction of sp³-hybridized carbons (Fsp3) is 0.562. The molecule has 0 amide bonds. The molecular formula is C16H21N3O9. The smallest absolute Gasteiger partial charge is 0.351 e. The lowest BCUT2D eigenvalue weighted by atomic mass is 10.2. The van der Waals surface area contributed by atoms with E-state index in [1.54, 1.807) is 12.4 Å². The quantitative estimate of drug-likeness (QED) is 0.361. The van der Waals surface area contributed by atoms with Crippen molar-refractivity contribution in [2.45, 2.75) is 45.6 Å². The first-order valence-corrected chi connectivity index (χ1v) is 8.43. The van der Waals surface area contributed by atoms with Gasteiger partial charge < -0.3 is 18.9 Å². The van der Waals surface area contributed by atoms with Gasteiger partial charge in [-0.15, -0.1) is 0 Å². The molecule has 1 aromatic heterocycles. The molecule has 0 spiro atoms. The molecule has 2 N–H and O–H groups in total. The second kappa shape index (κ2) is 9.28. The van der Waals surface area contributed by atoms with Crippen molar-refractivity contribution in [3.63, 3.8) is 0 Å². The molecule has 0 aliphatic carbocycles. The number of nitrogens with zero attached hydrogens (tertiary/aromatic N) is 2. The van der Waals surface area contributed by atoms with Crippen LogP contribution in [0.1, 0.15) is 43.8 Å². The van der Waals surface area contributed by atoms with Gasteiger partial charge in [0.25, 0.3) is 0 Å². The maximum absolute atomic E-state index is 12.4. The third-order valence-electron chi connectivity index (χ3n) is 3.76. The number of carbonyl (C=O) groups excluding carboxylic acids is 3. The zero-order valence-corrected chi connectivity index (χ0v) is 15.5. The normalized spacial score (nSPS) is 21.1. The predicted octanol–water partition coefficient (Wildman–Crippen LogP) is 0.00340. The van der Waals surface area contributed by atoms with Gasteiger partial charge >= 0.3 is 23.6 Å². The van der Waals surface area contributed by atoms with Crippen molar-refractivity contribution >= 4 is 23.7 Å². The lowest BCUT2D eigenvalue weighted by molar-refractivity contribution is -0.153. The van der Waals surface area contributed by atoms with Crippen LogP contribution in [-0.2, 0) is 28.5 Å². The molecule has 12 heteroatoms. The van der Waals surface area contributed by atoms with Gasteiger partial charge in [-0.05, 0) is 6.92 Å². The Hall–Kier alpha value is -2.99. The molecule has 154 valence electrons. The van der Waals surface area contributed by atoms with Crippen molar-refractivity contribution in [1.82, 2.24) is 9.55 Å². The summed E-state index contributed by atoms with van der Waals surface area (Å²) < 4.78 is 21.6. The molecule has 0 aromatic carbocycles. The molecule has 2 rings (SSSR count). The molecular weight excluding hydrogens is 378 g/mol. The van der Waals surface area contributed by atoms with E-state index in [0.29, 0.717) is 0 Å². The summed E-state index contributed by atoms with van der Waals surface area (Å²) in [4.78, 5) is 50.5. The maximum Gasteiger partial charge on any atom is 0.351 e. The summed E-state index contributed by atoms with van der Waals surface area (Å²) in [6, 6.07) is 0. The first-order valence-electron chi connectivity index (χ1n) is 8.43. The van der Waals surface area contributed by atoms with Crippen LogP contribution in [0.3, 0.4) is 0 Å². The highest BCUT2D eigenvalue weighted by molar-refractivity contribution is 5.94. The van der Waals surface area contributed by atoms with E-state index in [-0.39, 0.29) is 25.2 Å². The monoisotopic (exact) mass is 399 g/mol. The predicted molar refractivity (Wildman–Crippen MR) is 90.6 cm³/mol. The van der Waals surface area contributed by atoms with Crippen molar-refractivity contribution in [3.8, 4) is 0 Å². The zero-order chi connectivity index (χ0) is 20.8. The van der Waals surface area contributed by atoms with Gasteiger partial charge in [-0.25, -0.2) is 9.59 Å². The molecule has 0 saturated carbocycles. The first kappa shape index (κ1) is 21.3. The van der Waals surface area contributed by atoms with Crippen LogP contribution in [0, 0.1) is 0 Å². The number of nitrogens with one attached hydrogen (secondary N) is 1. The number of hydrogen-bond acceptors (Lipinski definition) is 11. The van der Waals surface area contributed by atoms with E-state index in [1.807, 2.05) is 0 Å². The topological polar surface area (TPSA) is 155 Å². The van der Waals surface area contributed by atoms with Gasteiger partial charge in [-0.1, -0.05) is 0 Å². The van der Waals surface area contributed by atoms with Gasteiger partial charge in [0.05, 0.1) is 12.7 Å². The van der Waals surface area contributed by atoms with Crippen LogP contribution in [-0.4, -0.2) is 58.1 Å². The minimum absolute atomic E-state index is 0.0588. The van der Waals surface area contributed by atoms with Gasteiger partial charge in [0.2, 0.25) is 0 Å². The SMILES string of the molecule is CCOC(=O)c1cn([C@@H]2O[C@H](COC(C)=O)C[C@H]2OC(C)=O)c(=O)nc1NO. The van der Waals surface area contributed by atoms with Crippen LogP contribution in [0.5, 0.6) is 0 Å². The summed E-state index contributed by atoms with van der Waals surface area (Å²) in [6.07, 6.45) is -1.42. The second-order valence-electron chi connectivity index (χ2n) is 5.86. The van der Waals surface area contributed by atoms with Gasteiger partial charge in [-0.3, -0.25) is 24.8 Å². The highest BCUT2D eigenvalue weighted by Crippen LogP contribution is 2.31. The van der Waals surface area contributed by atoms with E-state index in [9.17, 15) is 19.2 Å². The molecule has 1 saturated heterocycles. The van der Waals surface area contributed by atoms with Crippen LogP contribution >= 0.6 is 0 Å². The largest absolute Gasteiger partial charge is 0.463 e. The number of ether oxygens (including phenoxy) is 4. The van der Waals surface area contributed by atoms with E-state index in [0.717, 1.165) is 10.8 Å². The van der Waals surface area contributed by atoms with Crippen LogP contribution in [0.2, 0.25) is 0 Å². The van der Waals surface area contributed by atoms with Gasteiger partial charge in [0, 0.05) is 26.5 Å². The van der Waals surface area contributed by atoms with Crippen LogP contribution in [0.15, 0.2) is 11.0 Å². The molecule has 3 atom stereocenters. The van der Waals surface area contributed by atoms with Crippen LogP contribution in [0.4, 0.5) is 5.82 Å². The summed E-state index contributed by atoms with van der Waals surface area (Å²) in [5.41, 5.74) is 0.570. The number of aromatic nitrogens is 2. The molecule has 0 radical (unpaired) electrons. The molecule has 0 bridgehead atoms. The van der Waals surface area contributed by atoms with Crippen LogP contribution in [0.25, 0.3) is 0 Å². The number of hydrogen-bond donors (Lipinski definition) is 2. The van der Waals surface area contributed by atoms with Crippen molar-refractivity contribution in [3.05, 3.63) is 22.2 Å². The van der Waals surface area contributed by atoms with E-state index in [2.05, 4.69) is 4.98 Å². The van der Waals surface area contributed by atoms with E-state index >= 15 is 0 Å². The molecule has 12 nitrogen and oxygen atoms in total. The van der Waals surface area contributed by atoms with Crippen molar-refractivity contribution in [2.75, 3.05) is 18.7 Å². The van der Waals surface area contributed by atoms with Crippen molar-refractivity contribution in [1.29, 1.82) is 0 Å². The minimum Gasteiger partial charge on any atom is -0.463 e. The lowest BCUT2D eigenvalue weighted by Gasteiger charge is -2.21. The maximum atomic E-state index is 12.4. The summed E-state index contributed by atoms with van der Waals surface area (Å²) in [6.45, 7) is 3.97. The number of esters is 3. The van der Waals surface area contributed by atoms with E-state index in [4.69, 9.17) is 24.2 Å². The standard InChI is InChI=1S/C16H21N3O9/c1-4-25-15(22)11-6-19(16(23)17-13(11)18-24)14-12(27-9(3)21)5-10(28-14)7-26-8(2)20/h6,10,12,14,24H,4-5,7H2,1-3H3,(H,17,18,23)/t10-,12+,14+/m0/s1. The Morgan fingerprint density at radius 3 is 2.61 bits per heavy atom. The molecule has 28 heavy (non-hydrogen) atoms. The molecule has 1 aliphatic heterocycles. The number of anilines is 1. The number of carbonyl (C=O) groups is 3. The average molecular weight is 399 g/mol. The Bertz CT molecular complexity index is 807. The average Bonchev–Trinajstić information content (AvgIpc) is 3.01. The van der Waals surface area contributed by atoms with Crippen LogP contribution < -0.4 is 11.2 Å². The molecule has 1 aromatic rings. The fourth-order valence-electron chi connectivity index (χ4n) is 2.69. The zero-order valence-electron chi connectivity index (χ0n) is 15.5. The Labute approximate surface area is 159 Å². The number of rotatable bonds is 7.